The quantitative estimate of drug-likeness (QED) is 0.328. The van der Waals surface area contributed by atoms with Gasteiger partial charge in [-0.05, 0) is 86.4 Å². The fourth-order valence-corrected chi connectivity index (χ4v) is 4.59. The summed E-state index contributed by atoms with van der Waals surface area (Å²) >= 11 is 0. The fraction of sp³-hybridized carbons (Fsp3) is 0.467. The lowest BCUT2D eigenvalue weighted by molar-refractivity contribution is 0.302. The topological polar surface area (TPSA) is 0 Å². The van der Waals surface area contributed by atoms with E-state index in [1.54, 1.807) is 0 Å². The summed E-state index contributed by atoms with van der Waals surface area (Å²) in [6.45, 7) is 4.15. The predicted molar refractivity (Wildman–Crippen MR) is 129 cm³/mol. The van der Waals surface area contributed by atoms with E-state index in [9.17, 15) is 0 Å². The number of rotatable bonds is 7. The van der Waals surface area contributed by atoms with Gasteiger partial charge in [0, 0.05) is 16.7 Å². The minimum atomic E-state index is 0.746. The molecule has 156 valence electrons. The van der Waals surface area contributed by atoms with Gasteiger partial charge in [0.25, 0.3) is 0 Å². The lowest BCUT2D eigenvalue weighted by Crippen LogP contribution is -2.13. The molecule has 0 radical (unpaired) electrons. The van der Waals surface area contributed by atoms with Gasteiger partial charge in [-0.15, -0.1) is 5.92 Å². The first kappa shape index (κ1) is 22.2. The minimum Gasteiger partial charge on any atom is -0.101 e. The van der Waals surface area contributed by atoms with E-state index in [1.807, 2.05) is 31.2 Å². The monoisotopic (exact) mass is 396 g/mol. The van der Waals surface area contributed by atoms with Crippen LogP contribution in [0, 0.1) is 29.6 Å². The van der Waals surface area contributed by atoms with Gasteiger partial charge in [-0.1, -0.05) is 75.3 Å². The summed E-state index contributed by atoms with van der Waals surface area (Å²) in [7, 11) is 0. The van der Waals surface area contributed by atoms with Gasteiger partial charge >= 0.3 is 0 Å². The molecule has 0 nitrogen and oxygen atoms in total. The molecule has 2 aromatic carbocycles. The van der Waals surface area contributed by atoms with Gasteiger partial charge in [-0.25, -0.2) is 0 Å². The summed E-state index contributed by atoms with van der Waals surface area (Å²) in [5, 5.41) is 0. The van der Waals surface area contributed by atoms with Crippen LogP contribution in [0.2, 0.25) is 0 Å². The van der Waals surface area contributed by atoms with Crippen molar-refractivity contribution in [1.82, 2.24) is 0 Å². The van der Waals surface area contributed by atoms with Crippen LogP contribution >= 0.6 is 0 Å². The first-order valence-electron chi connectivity index (χ1n) is 11.9. The van der Waals surface area contributed by atoms with E-state index < -0.39 is 0 Å². The van der Waals surface area contributed by atoms with Crippen LogP contribution in [0.15, 0.2) is 48.5 Å². The molecule has 0 unspecified atom stereocenters. The number of hydrogen-bond acceptors (Lipinski definition) is 0. The Labute approximate surface area is 184 Å². The van der Waals surface area contributed by atoms with E-state index in [-0.39, 0.29) is 0 Å². The van der Waals surface area contributed by atoms with Crippen molar-refractivity contribution in [2.45, 2.75) is 84.0 Å². The molecule has 0 N–H and O–H groups in total. The van der Waals surface area contributed by atoms with E-state index in [4.69, 9.17) is 0 Å². The molecule has 1 aliphatic carbocycles. The molecule has 0 saturated heterocycles. The van der Waals surface area contributed by atoms with Crippen LogP contribution in [0.1, 0.15) is 106 Å². The highest BCUT2D eigenvalue weighted by Gasteiger charge is 2.21. The summed E-state index contributed by atoms with van der Waals surface area (Å²) in [5.74, 6) is 14.3. The number of hydrogen-bond donors (Lipinski definition) is 0. The summed E-state index contributed by atoms with van der Waals surface area (Å²) in [5.41, 5.74) is 4.67. The van der Waals surface area contributed by atoms with Gasteiger partial charge in [0.05, 0.1) is 0 Å². The first-order chi connectivity index (χ1) is 14.8. The van der Waals surface area contributed by atoms with Crippen LogP contribution in [-0.4, -0.2) is 0 Å². The normalized spacial score (nSPS) is 18.1. The molecule has 2 aromatic rings. The summed E-state index contributed by atoms with van der Waals surface area (Å²) in [4.78, 5) is 0. The molecule has 1 fully saturated rings. The molecular weight excluding hydrogens is 360 g/mol. The molecule has 0 aromatic heterocycles. The average molecular weight is 397 g/mol. The molecule has 1 saturated carbocycles. The van der Waals surface area contributed by atoms with Gasteiger partial charge in [-0.3, -0.25) is 0 Å². The highest BCUT2D eigenvalue weighted by Crippen LogP contribution is 2.37. The van der Waals surface area contributed by atoms with E-state index >= 15 is 0 Å². The maximum absolute atomic E-state index is 3.30. The van der Waals surface area contributed by atoms with Crippen molar-refractivity contribution in [1.29, 1.82) is 0 Å². The van der Waals surface area contributed by atoms with Crippen molar-refractivity contribution in [2.75, 3.05) is 0 Å². The van der Waals surface area contributed by atoms with Crippen LogP contribution < -0.4 is 0 Å². The molecule has 3 rings (SSSR count). The Morgan fingerprint density at radius 2 is 1.20 bits per heavy atom. The second-order valence-electron chi connectivity index (χ2n) is 8.74. The predicted octanol–water partition coefficient (Wildman–Crippen LogP) is 8.09. The number of unbranched alkanes of at least 4 members (excludes halogenated alkanes) is 4. The van der Waals surface area contributed by atoms with Crippen LogP contribution in [0.3, 0.4) is 0 Å². The lowest BCUT2D eigenvalue weighted by Gasteiger charge is -2.29. The summed E-state index contributed by atoms with van der Waals surface area (Å²) < 4.78 is 0. The molecular formula is C30H36. The van der Waals surface area contributed by atoms with Crippen molar-refractivity contribution in [3.63, 3.8) is 0 Å². The molecule has 0 bridgehead atoms. The van der Waals surface area contributed by atoms with Crippen molar-refractivity contribution in [3.05, 3.63) is 70.8 Å². The van der Waals surface area contributed by atoms with Gasteiger partial charge in [0.1, 0.15) is 0 Å². The fourth-order valence-electron chi connectivity index (χ4n) is 4.59. The van der Waals surface area contributed by atoms with Gasteiger partial charge < -0.3 is 0 Å². The third-order valence-corrected chi connectivity index (χ3v) is 6.45. The first-order valence-corrected chi connectivity index (χ1v) is 11.9. The molecule has 0 heteroatoms. The second kappa shape index (κ2) is 12.3. The van der Waals surface area contributed by atoms with Crippen LogP contribution in [0.25, 0.3) is 0 Å². The van der Waals surface area contributed by atoms with Crippen molar-refractivity contribution in [2.24, 2.45) is 5.92 Å². The summed E-state index contributed by atoms with van der Waals surface area (Å²) in [6.07, 6.45) is 14.1. The standard InChI is InChI=1S/C30H36/c1-3-5-6-7-8-10-26-17-21-29(22-18-26)30-23-19-28(20-24-30)16-15-27-13-11-25(9-4-2)12-14-27/h11-14,19-20,23-24,26,29H,3,5-8,10,17-18,21-22H2,1-2H3/t26-,29-. The van der Waals surface area contributed by atoms with E-state index in [1.165, 1.54) is 69.8 Å². The van der Waals surface area contributed by atoms with E-state index in [0.717, 1.165) is 28.5 Å². The zero-order chi connectivity index (χ0) is 21.0. The van der Waals surface area contributed by atoms with Crippen LogP contribution in [-0.2, 0) is 0 Å². The van der Waals surface area contributed by atoms with Crippen LogP contribution in [0.5, 0.6) is 0 Å². The molecule has 0 heterocycles. The van der Waals surface area contributed by atoms with Crippen molar-refractivity contribution >= 4 is 0 Å². The molecule has 0 aliphatic heterocycles. The Morgan fingerprint density at radius 3 is 1.77 bits per heavy atom. The maximum atomic E-state index is 3.30. The lowest BCUT2D eigenvalue weighted by atomic mass is 9.77. The highest BCUT2D eigenvalue weighted by atomic mass is 14.3. The van der Waals surface area contributed by atoms with Crippen LogP contribution in [0.4, 0.5) is 0 Å². The largest absolute Gasteiger partial charge is 0.101 e. The summed E-state index contributed by atoms with van der Waals surface area (Å²) in [6, 6.07) is 17.2. The Hall–Kier alpha value is -2.44. The zero-order valence-corrected chi connectivity index (χ0v) is 18.8. The third kappa shape index (κ3) is 7.11. The maximum Gasteiger partial charge on any atom is 0.0249 e. The Kier molecular flexibility index (Phi) is 9.12. The number of benzene rings is 2. The highest BCUT2D eigenvalue weighted by molar-refractivity contribution is 5.46. The molecule has 1 aliphatic rings. The Balaban J connectivity index is 1.46. The Morgan fingerprint density at radius 1 is 0.667 bits per heavy atom. The third-order valence-electron chi connectivity index (χ3n) is 6.45. The average Bonchev–Trinajstić information content (AvgIpc) is 2.79. The SMILES string of the molecule is CC#Cc1ccc(C#Cc2ccc([C@H]3CC[C@H](CCCCCCC)CC3)cc2)cc1. The molecule has 30 heavy (non-hydrogen) atoms. The van der Waals surface area contributed by atoms with Crippen molar-refractivity contribution < 1.29 is 0 Å². The van der Waals surface area contributed by atoms with Gasteiger partial charge in [-0.2, -0.15) is 0 Å². The van der Waals surface area contributed by atoms with Crippen molar-refractivity contribution in [3.8, 4) is 23.7 Å². The molecule has 0 amide bonds. The zero-order valence-electron chi connectivity index (χ0n) is 18.8. The van der Waals surface area contributed by atoms with Gasteiger partial charge in [0.15, 0.2) is 0 Å². The molecule has 0 spiro atoms. The molecule has 0 atom stereocenters. The van der Waals surface area contributed by atoms with E-state index in [0.29, 0.717) is 0 Å². The smallest absolute Gasteiger partial charge is 0.0249 e. The minimum absolute atomic E-state index is 0.746. The van der Waals surface area contributed by atoms with Gasteiger partial charge in [0.2, 0.25) is 0 Å². The second-order valence-corrected chi connectivity index (χ2v) is 8.74. The Bertz CT molecular complexity index is 870. The van der Waals surface area contributed by atoms with E-state index in [2.05, 4.69) is 54.9 Å².